The minimum atomic E-state index is -3.64. The maximum Gasteiger partial charge on any atom is 0.335 e. The molecule has 1 saturated carbocycles. The summed E-state index contributed by atoms with van der Waals surface area (Å²) < 4.78 is 42.0. The fourth-order valence-electron chi connectivity index (χ4n) is 7.45. The summed E-state index contributed by atoms with van der Waals surface area (Å²) >= 11 is 6.38. The van der Waals surface area contributed by atoms with Crippen molar-refractivity contribution in [3.63, 3.8) is 0 Å². The molecule has 6 rings (SSSR count). The van der Waals surface area contributed by atoms with E-state index in [2.05, 4.69) is 17.0 Å². The van der Waals surface area contributed by atoms with Gasteiger partial charge in [-0.1, -0.05) is 17.7 Å². The number of anilines is 1. The number of carboxylic acids is 1. The number of ether oxygens (including phenoxy) is 3. The molecule has 2 aromatic rings. The monoisotopic (exact) mass is 632 g/mol. The van der Waals surface area contributed by atoms with E-state index in [4.69, 9.17) is 31.0 Å². The van der Waals surface area contributed by atoms with Crippen LogP contribution in [0.1, 0.15) is 66.9 Å². The average molecular weight is 633 g/mol. The van der Waals surface area contributed by atoms with E-state index < -0.39 is 21.2 Å². The number of carboxylic acid groups (broad SMARTS) is 1. The standard InChI is InChI=1S/C32H41ClN2O7S/c1-20(43(34,38)39)17-41-25-10-12-40-30(15-25)26-7-4-23(26)16-35-18-32(11-2-3-21-13-24(33)6-8-27(21)32)19-42-29-9-5-22(31(36)37)14-28(29)35/h5-6,8-9,13-14,20,23,25-26,30H,2-4,7,10-12,15-19H2,1H3,(H,36,37)(H2,34,38,39)/t20?,23-,25+,26+,30-,32?/m0/s1. The molecule has 6 atom stereocenters. The molecule has 1 spiro atoms. The second kappa shape index (κ2) is 12.2. The Morgan fingerprint density at radius 1 is 1.23 bits per heavy atom. The third-order valence-electron chi connectivity index (χ3n) is 10.1. The zero-order valence-corrected chi connectivity index (χ0v) is 26.1. The summed E-state index contributed by atoms with van der Waals surface area (Å²) in [6.45, 7) is 4.24. The van der Waals surface area contributed by atoms with Gasteiger partial charge >= 0.3 is 5.97 Å². The highest BCUT2D eigenvalue weighted by atomic mass is 35.5. The van der Waals surface area contributed by atoms with Crippen LogP contribution in [0.15, 0.2) is 36.4 Å². The van der Waals surface area contributed by atoms with Crippen LogP contribution in [0.3, 0.4) is 0 Å². The Morgan fingerprint density at radius 2 is 2.07 bits per heavy atom. The Bertz CT molecular complexity index is 1470. The number of carbonyl (C=O) groups is 1. The lowest BCUT2D eigenvalue weighted by Crippen LogP contribution is -2.51. The Morgan fingerprint density at radius 3 is 2.81 bits per heavy atom. The van der Waals surface area contributed by atoms with Gasteiger partial charge in [0, 0.05) is 36.6 Å². The van der Waals surface area contributed by atoms with Crippen molar-refractivity contribution in [3.05, 3.63) is 58.1 Å². The summed E-state index contributed by atoms with van der Waals surface area (Å²) in [5, 5.41) is 15.1. The molecule has 0 amide bonds. The Kier molecular flexibility index (Phi) is 8.69. The Hall–Kier alpha value is -2.37. The van der Waals surface area contributed by atoms with E-state index in [1.54, 1.807) is 25.1 Å². The van der Waals surface area contributed by atoms with E-state index in [0.717, 1.165) is 68.7 Å². The second-order valence-corrected chi connectivity index (χ2v) is 15.3. The lowest BCUT2D eigenvalue weighted by molar-refractivity contribution is -0.116. The van der Waals surface area contributed by atoms with Crippen LogP contribution in [-0.2, 0) is 31.3 Å². The van der Waals surface area contributed by atoms with Crippen LogP contribution in [0, 0.1) is 11.8 Å². The zero-order chi connectivity index (χ0) is 30.4. The van der Waals surface area contributed by atoms with Gasteiger partial charge < -0.3 is 24.2 Å². The van der Waals surface area contributed by atoms with Crippen molar-refractivity contribution in [3.8, 4) is 5.75 Å². The van der Waals surface area contributed by atoms with Gasteiger partial charge in [-0.05, 0) is 98.7 Å². The second-order valence-electron chi connectivity index (χ2n) is 12.9. The molecule has 0 radical (unpaired) electrons. The summed E-state index contributed by atoms with van der Waals surface area (Å²) in [6.07, 6.45) is 6.52. The molecule has 2 fully saturated rings. The van der Waals surface area contributed by atoms with E-state index in [1.165, 1.54) is 11.1 Å². The Labute approximate surface area is 258 Å². The van der Waals surface area contributed by atoms with Crippen molar-refractivity contribution in [2.75, 3.05) is 37.8 Å². The number of benzene rings is 2. The van der Waals surface area contributed by atoms with Crippen molar-refractivity contribution in [2.45, 2.75) is 74.7 Å². The summed E-state index contributed by atoms with van der Waals surface area (Å²) in [5.74, 6) is 0.451. The van der Waals surface area contributed by atoms with Gasteiger partial charge in [-0.15, -0.1) is 0 Å². The van der Waals surface area contributed by atoms with Crippen molar-refractivity contribution in [2.24, 2.45) is 17.0 Å². The molecule has 2 aliphatic heterocycles. The smallest absolute Gasteiger partial charge is 0.335 e. The molecular weight excluding hydrogens is 592 g/mol. The number of hydrogen-bond acceptors (Lipinski definition) is 7. The molecule has 43 heavy (non-hydrogen) atoms. The largest absolute Gasteiger partial charge is 0.490 e. The number of nitrogens with two attached hydrogens (primary N) is 1. The number of fused-ring (bicyclic) bond motifs is 3. The maximum absolute atomic E-state index is 12.0. The number of halogens is 1. The minimum absolute atomic E-state index is 0.0295. The molecule has 0 bridgehead atoms. The molecule has 4 aliphatic rings. The van der Waals surface area contributed by atoms with E-state index in [1.807, 2.05) is 6.07 Å². The zero-order valence-electron chi connectivity index (χ0n) is 24.5. The number of nitrogens with zero attached hydrogens (tertiary/aromatic N) is 1. The molecule has 0 aromatic heterocycles. The number of aromatic carboxylic acids is 1. The van der Waals surface area contributed by atoms with Gasteiger partial charge in [0.25, 0.3) is 0 Å². The third-order valence-corrected chi connectivity index (χ3v) is 11.6. The molecule has 9 nitrogen and oxygen atoms in total. The quantitative estimate of drug-likeness (QED) is 0.426. The number of aryl methyl sites for hydroxylation is 1. The average Bonchev–Trinajstić information content (AvgIpc) is 3.10. The summed E-state index contributed by atoms with van der Waals surface area (Å²) in [7, 11) is -3.64. The predicted molar refractivity (Wildman–Crippen MR) is 165 cm³/mol. The molecule has 1 saturated heterocycles. The lowest BCUT2D eigenvalue weighted by Gasteiger charge is -2.47. The highest BCUT2D eigenvalue weighted by Gasteiger charge is 2.45. The first kappa shape index (κ1) is 30.6. The van der Waals surface area contributed by atoms with Crippen LogP contribution in [-0.4, -0.2) is 69.9 Å². The van der Waals surface area contributed by atoms with Crippen LogP contribution in [0.4, 0.5) is 5.69 Å². The molecule has 234 valence electrons. The molecule has 2 heterocycles. The first-order chi connectivity index (χ1) is 20.5. The van der Waals surface area contributed by atoms with Crippen LogP contribution in [0.2, 0.25) is 5.02 Å². The highest BCUT2D eigenvalue weighted by molar-refractivity contribution is 7.89. The topological polar surface area (TPSA) is 128 Å². The van der Waals surface area contributed by atoms with E-state index in [0.29, 0.717) is 30.8 Å². The van der Waals surface area contributed by atoms with Crippen molar-refractivity contribution >= 4 is 33.3 Å². The first-order valence-corrected chi connectivity index (χ1v) is 17.3. The van der Waals surface area contributed by atoms with Gasteiger partial charge in [-0.25, -0.2) is 18.4 Å². The number of primary sulfonamides is 1. The fourth-order valence-corrected chi connectivity index (χ4v) is 7.92. The Balaban J connectivity index is 1.23. The van der Waals surface area contributed by atoms with Gasteiger partial charge in [-0.2, -0.15) is 0 Å². The molecule has 2 unspecified atom stereocenters. The highest BCUT2D eigenvalue weighted by Crippen LogP contribution is 2.47. The van der Waals surface area contributed by atoms with Crippen molar-refractivity contribution in [1.29, 1.82) is 0 Å². The molecule has 3 N–H and O–H groups in total. The van der Waals surface area contributed by atoms with Crippen molar-refractivity contribution < 1.29 is 32.5 Å². The van der Waals surface area contributed by atoms with Gasteiger partial charge in [0.05, 0.1) is 41.9 Å². The van der Waals surface area contributed by atoms with E-state index >= 15 is 0 Å². The lowest BCUT2D eigenvalue weighted by atomic mass is 9.67. The molecular formula is C32H41ClN2O7S. The van der Waals surface area contributed by atoms with Crippen LogP contribution in [0.25, 0.3) is 0 Å². The van der Waals surface area contributed by atoms with Gasteiger partial charge in [0.15, 0.2) is 0 Å². The van der Waals surface area contributed by atoms with E-state index in [9.17, 15) is 18.3 Å². The predicted octanol–water partition coefficient (Wildman–Crippen LogP) is 4.78. The summed E-state index contributed by atoms with van der Waals surface area (Å²) in [6, 6.07) is 11.4. The van der Waals surface area contributed by atoms with Gasteiger partial charge in [0.2, 0.25) is 10.0 Å². The number of hydrogen-bond donors (Lipinski definition) is 2. The van der Waals surface area contributed by atoms with Gasteiger partial charge in [-0.3, -0.25) is 0 Å². The van der Waals surface area contributed by atoms with Crippen LogP contribution >= 0.6 is 11.6 Å². The van der Waals surface area contributed by atoms with Gasteiger partial charge in [0.1, 0.15) is 5.75 Å². The fraction of sp³-hybridized carbons (Fsp3) is 0.594. The van der Waals surface area contributed by atoms with E-state index in [-0.39, 0.29) is 29.8 Å². The number of sulfonamides is 1. The third kappa shape index (κ3) is 6.40. The SMILES string of the molecule is CC(CO[C@@H]1CCO[C@H]([C@@H]2CC[C@H]2CN2CC3(CCCc4cc(Cl)ccc43)COc3ccc(C(=O)O)cc32)C1)S(N)(=O)=O. The molecule has 11 heteroatoms. The summed E-state index contributed by atoms with van der Waals surface area (Å²) in [4.78, 5) is 14.3. The van der Waals surface area contributed by atoms with Crippen molar-refractivity contribution in [1.82, 2.24) is 0 Å². The van der Waals surface area contributed by atoms with Crippen LogP contribution < -0.4 is 14.8 Å². The summed E-state index contributed by atoms with van der Waals surface area (Å²) in [5.41, 5.74) is 3.37. The minimum Gasteiger partial charge on any atom is -0.490 e. The maximum atomic E-state index is 12.0. The van der Waals surface area contributed by atoms with Crippen LogP contribution in [0.5, 0.6) is 5.75 Å². The normalized spacial score (nSPS) is 29.5. The number of rotatable bonds is 8. The molecule has 2 aliphatic carbocycles. The molecule has 2 aromatic carbocycles. The first-order valence-electron chi connectivity index (χ1n) is 15.3.